The van der Waals surface area contributed by atoms with E-state index >= 15 is 0 Å². The van der Waals surface area contributed by atoms with Gasteiger partial charge in [0.1, 0.15) is 11.5 Å². The Bertz CT molecular complexity index is 974. The maximum absolute atomic E-state index is 12.5. The van der Waals surface area contributed by atoms with Crippen molar-refractivity contribution in [3.8, 4) is 5.75 Å². The van der Waals surface area contributed by atoms with E-state index in [4.69, 9.17) is 27.7 Å². The molecule has 27 heavy (non-hydrogen) atoms. The number of nitrogens with one attached hydrogen (secondary N) is 1. The van der Waals surface area contributed by atoms with Crippen molar-refractivity contribution in [3.05, 3.63) is 57.7 Å². The average Bonchev–Trinajstić information content (AvgIpc) is 3.16. The van der Waals surface area contributed by atoms with Gasteiger partial charge in [-0.05, 0) is 25.1 Å². The molecule has 0 aliphatic heterocycles. The highest BCUT2D eigenvalue weighted by atomic mass is 35.5. The molecule has 0 radical (unpaired) electrons. The molecule has 2 heterocycles. The van der Waals surface area contributed by atoms with Crippen LogP contribution in [0.1, 0.15) is 21.8 Å². The standard InChI is InChI=1S/C16H12Cl2F2N4O3/c1-8-11(7-24-6-9(17)5-21-24)14(23-27-8)15(25)22-10-2-3-13(12(18)4-10)26-16(19)20/h2-6,16H,7H2,1H3,(H,22,25). The number of aryl methyl sites for hydroxylation is 1. The van der Waals surface area contributed by atoms with Crippen LogP contribution in [0.4, 0.5) is 14.5 Å². The molecule has 0 atom stereocenters. The minimum Gasteiger partial charge on any atom is -0.433 e. The lowest BCUT2D eigenvalue weighted by Gasteiger charge is -2.09. The summed E-state index contributed by atoms with van der Waals surface area (Å²) in [6.45, 7) is -1.11. The first-order valence-electron chi connectivity index (χ1n) is 7.52. The van der Waals surface area contributed by atoms with E-state index in [9.17, 15) is 13.6 Å². The molecule has 1 amide bonds. The van der Waals surface area contributed by atoms with Crippen molar-refractivity contribution < 1.29 is 22.8 Å². The number of halogens is 4. The van der Waals surface area contributed by atoms with Crippen LogP contribution in [0.15, 0.2) is 35.1 Å². The van der Waals surface area contributed by atoms with Crippen molar-refractivity contribution in [2.45, 2.75) is 20.1 Å². The van der Waals surface area contributed by atoms with Gasteiger partial charge in [-0.3, -0.25) is 9.48 Å². The van der Waals surface area contributed by atoms with Gasteiger partial charge in [0, 0.05) is 17.4 Å². The van der Waals surface area contributed by atoms with Crippen LogP contribution in [0.3, 0.4) is 0 Å². The number of aromatic nitrogens is 3. The fraction of sp³-hybridized carbons (Fsp3) is 0.188. The molecule has 7 nitrogen and oxygen atoms in total. The Kier molecular flexibility index (Phi) is 5.62. The third-order valence-corrected chi connectivity index (χ3v) is 4.02. The molecule has 0 saturated carbocycles. The van der Waals surface area contributed by atoms with Crippen LogP contribution < -0.4 is 10.1 Å². The molecule has 0 unspecified atom stereocenters. The first-order chi connectivity index (χ1) is 12.8. The highest BCUT2D eigenvalue weighted by Gasteiger charge is 2.21. The second-order valence-corrected chi connectivity index (χ2v) is 6.24. The van der Waals surface area contributed by atoms with Gasteiger partial charge in [-0.1, -0.05) is 28.4 Å². The van der Waals surface area contributed by atoms with Gasteiger partial charge in [-0.15, -0.1) is 0 Å². The summed E-state index contributed by atoms with van der Waals surface area (Å²) in [4.78, 5) is 12.5. The van der Waals surface area contributed by atoms with Crippen LogP contribution >= 0.6 is 23.2 Å². The molecular weight excluding hydrogens is 405 g/mol. The number of hydrogen-bond donors (Lipinski definition) is 1. The van der Waals surface area contributed by atoms with E-state index in [0.717, 1.165) is 0 Å². The lowest BCUT2D eigenvalue weighted by molar-refractivity contribution is -0.0497. The van der Waals surface area contributed by atoms with Crippen molar-refractivity contribution in [1.29, 1.82) is 0 Å². The zero-order chi connectivity index (χ0) is 19.6. The molecule has 1 N–H and O–H groups in total. The number of ether oxygens (including phenoxy) is 1. The van der Waals surface area contributed by atoms with Gasteiger partial charge in [0.05, 0.1) is 22.8 Å². The van der Waals surface area contributed by atoms with E-state index in [0.29, 0.717) is 16.3 Å². The second-order valence-electron chi connectivity index (χ2n) is 5.40. The molecule has 11 heteroatoms. The Morgan fingerprint density at radius 1 is 1.41 bits per heavy atom. The first-order valence-corrected chi connectivity index (χ1v) is 8.28. The maximum Gasteiger partial charge on any atom is 0.387 e. The van der Waals surface area contributed by atoms with Crippen molar-refractivity contribution in [2.24, 2.45) is 0 Å². The fourth-order valence-electron chi connectivity index (χ4n) is 2.30. The van der Waals surface area contributed by atoms with Crippen molar-refractivity contribution >= 4 is 34.8 Å². The molecule has 0 spiro atoms. The molecule has 0 aliphatic rings. The Labute approximate surface area is 161 Å². The number of rotatable bonds is 6. The van der Waals surface area contributed by atoms with Crippen molar-refractivity contribution in [1.82, 2.24) is 14.9 Å². The summed E-state index contributed by atoms with van der Waals surface area (Å²) in [5.41, 5.74) is 0.861. The predicted octanol–water partition coefficient (Wildman–Crippen LogP) is 4.39. The van der Waals surface area contributed by atoms with Gasteiger partial charge < -0.3 is 14.6 Å². The third-order valence-electron chi connectivity index (χ3n) is 3.53. The van der Waals surface area contributed by atoms with E-state index in [1.54, 1.807) is 13.1 Å². The normalized spacial score (nSPS) is 11.0. The summed E-state index contributed by atoms with van der Waals surface area (Å²) < 4.78 is 35.4. The largest absolute Gasteiger partial charge is 0.433 e. The van der Waals surface area contributed by atoms with Crippen LogP contribution in [-0.2, 0) is 6.54 Å². The highest BCUT2D eigenvalue weighted by molar-refractivity contribution is 6.32. The monoisotopic (exact) mass is 416 g/mol. The van der Waals surface area contributed by atoms with E-state index in [-0.39, 0.29) is 28.7 Å². The Balaban J connectivity index is 1.78. The predicted molar refractivity (Wildman–Crippen MR) is 93.6 cm³/mol. The number of amides is 1. The summed E-state index contributed by atoms with van der Waals surface area (Å²) >= 11 is 11.7. The zero-order valence-electron chi connectivity index (χ0n) is 13.7. The summed E-state index contributed by atoms with van der Waals surface area (Å²) in [7, 11) is 0. The summed E-state index contributed by atoms with van der Waals surface area (Å²) in [6.07, 6.45) is 3.06. The van der Waals surface area contributed by atoms with Crippen LogP contribution in [0, 0.1) is 6.92 Å². The van der Waals surface area contributed by atoms with Gasteiger partial charge in [0.2, 0.25) is 0 Å². The number of benzene rings is 1. The second kappa shape index (κ2) is 7.93. The maximum atomic E-state index is 12.5. The number of anilines is 1. The minimum absolute atomic E-state index is 0.0585. The quantitative estimate of drug-likeness (QED) is 0.644. The number of alkyl halides is 2. The van der Waals surface area contributed by atoms with E-state index in [1.165, 1.54) is 29.1 Å². The molecular formula is C16H12Cl2F2N4O3. The van der Waals surface area contributed by atoms with Gasteiger partial charge in [0.15, 0.2) is 5.69 Å². The van der Waals surface area contributed by atoms with E-state index in [1.807, 2.05) is 0 Å². The average molecular weight is 417 g/mol. The molecule has 3 rings (SSSR count). The molecule has 2 aromatic heterocycles. The van der Waals surface area contributed by atoms with Gasteiger partial charge >= 0.3 is 6.61 Å². The zero-order valence-corrected chi connectivity index (χ0v) is 15.3. The molecule has 0 bridgehead atoms. The fourth-order valence-corrected chi connectivity index (χ4v) is 2.68. The smallest absolute Gasteiger partial charge is 0.387 e. The molecule has 142 valence electrons. The topological polar surface area (TPSA) is 82.2 Å². The van der Waals surface area contributed by atoms with Crippen molar-refractivity contribution in [3.63, 3.8) is 0 Å². The lowest BCUT2D eigenvalue weighted by atomic mass is 10.2. The Morgan fingerprint density at radius 2 is 2.19 bits per heavy atom. The molecule has 3 aromatic rings. The van der Waals surface area contributed by atoms with Crippen molar-refractivity contribution in [2.75, 3.05) is 5.32 Å². The van der Waals surface area contributed by atoms with Gasteiger partial charge in [-0.25, -0.2) is 0 Å². The van der Waals surface area contributed by atoms with Crippen LogP contribution in [0.2, 0.25) is 10.0 Å². The summed E-state index contributed by atoms with van der Waals surface area (Å²) in [6, 6.07) is 3.89. The summed E-state index contributed by atoms with van der Waals surface area (Å²) in [5.74, 6) is -0.303. The van der Waals surface area contributed by atoms with E-state index < -0.39 is 12.5 Å². The van der Waals surface area contributed by atoms with Gasteiger partial charge in [-0.2, -0.15) is 13.9 Å². The highest BCUT2D eigenvalue weighted by Crippen LogP contribution is 2.29. The first kappa shape index (κ1) is 19.1. The Morgan fingerprint density at radius 3 is 2.81 bits per heavy atom. The number of carbonyl (C=O) groups excluding carboxylic acids is 1. The lowest BCUT2D eigenvalue weighted by Crippen LogP contribution is -2.16. The third kappa shape index (κ3) is 4.55. The molecule has 0 aliphatic carbocycles. The van der Waals surface area contributed by atoms with E-state index in [2.05, 4.69) is 20.3 Å². The molecule has 0 saturated heterocycles. The van der Waals surface area contributed by atoms with Crippen LogP contribution in [-0.4, -0.2) is 27.5 Å². The number of hydrogen-bond acceptors (Lipinski definition) is 5. The number of carbonyl (C=O) groups is 1. The minimum atomic E-state index is -3.00. The SMILES string of the molecule is Cc1onc(C(=O)Nc2ccc(OC(F)F)c(Cl)c2)c1Cn1cc(Cl)cn1. The van der Waals surface area contributed by atoms with Gasteiger partial charge in [0.25, 0.3) is 5.91 Å². The molecule has 0 fully saturated rings. The number of nitrogens with zero attached hydrogens (tertiary/aromatic N) is 3. The Hall–Kier alpha value is -2.65. The molecule has 1 aromatic carbocycles. The summed E-state index contributed by atoms with van der Waals surface area (Å²) in [5, 5.41) is 10.8. The van der Waals surface area contributed by atoms with Crippen LogP contribution in [0.5, 0.6) is 5.75 Å². The van der Waals surface area contributed by atoms with Crippen LogP contribution in [0.25, 0.3) is 0 Å².